The molecule has 3 nitrogen and oxygen atoms in total. The van der Waals surface area contributed by atoms with Gasteiger partial charge in [-0.15, -0.1) is 0 Å². The van der Waals surface area contributed by atoms with Crippen molar-refractivity contribution < 1.29 is 9.18 Å². The van der Waals surface area contributed by atoms with Gasteiger partial charge in [0.05, 0.1) is 12.6 Å². The summed E-state index contributed by atoms with van der Waals surface area (Å²) < 4.78 is 12.9. The zero-order valence-corrected chi connectivity index (χ0v) is 16.0. The minimum absolute atomic E-state index is 0.0513. The Labute approximate surface area is 165 Å². The maximum Gasteiger partial charge on any atom is 0.233 e. The second-order valence-corrected chi connectivity index (χ2v) is 6.86. The van der Waals surface area contributed by atoms with Gasteiger partial charge in [-0.2, -0.15) is 0 Å². The van der Waals surface area contributed by atoms with Crippen molar-refractivity contribution >= 4 is 5.91 Å². The van der Waals surface area contributed by atoms with E-state index in [0.29, 0.717) is 13.0 Å². The van der Waals surface area contributed by atoms with E-state index < -0.39 is 0 Å². The largest absolute Gasteiger partial charge is 0.355 e. The van der Waals surface area contributed by atoms with Gasteiger partial charge < -0.3 is 5.32 Å². The van der Waals surface area contributed by atoms with Crippen LogP contribution in [-0.2, 0) is 11.2 Å². The maximum atomic E-state index is 12.9. The van der Waals surface area contributed by atoms with Crippen molar-refractivity contribution in [2.24, 2.45) is 0 Å². The molecule has 0 aliphatic carbocycles. The number of amides is 1. The fraction of sp³-hybridized carbons (Fsp3) is 0.208. The average molecular weight is 376 g/mol. The number of aryl methyl sites for hydroxylation is 1. The van der Waals surface area contributed by atoms with E-state index in [1.165, 1.54) is 17.7 Å². The molecule has 0 bridgehead atoms. The molecule has 0 saturated heterocycles. The van der Waals surface area contributed by atoms with Crippen LogP contribution in [0.2, 0.25) is 0 Å². The highest BCUT2D eigenvalue weighted by Gasteiger charge is 2.14. The summed E-state index contributed by atoms with van der Waals surface area (Å²) in [6, 6.07) is 24.7. The van der Waals surface area contributed by atoms with E-state index in [2.05, 4.69) is 54.0 Å². The molecule has 3 rings (SSSR count). The molecular formula is C24H25FN2O. The van der Waals surface area contributed by atoms with Crippen molar-refractivity contribution in [3.63, 3.8) is 0 Å². The standard InChI is InChI=1S/C24H25FN2O/c1-18-7-11-21(12-8-18)24(20-5-3-2-4-6-20)27-17-23(28)26-16-15-19-9-13-22(25)14-10-19/h2-14,24,27H,15-17H2,1H3,(H,26,28)/t24-/m0/s1. The lowest BCUT2D eigenvalue weighted by molar-refractivity contribution is -0.120. The van der Waals surface area contributed by atoms with Crippen molar-refractivity contribution in [2.45, 2.75) is 19.4 Å². The summed E-state index contributed by atoms with van der Waals surface area (Å²) in [5.74, 6) is -0.310. The molecule has 0 aliphatic rings. The molecule has 0 aliphatic heterocycles. The molecule has 28 heavy (non-hydrogen) atoms. The van der Waals surface area contributed by atoms with Crippen LogP contribution < -0.4 is 10.6 Å². The highest BCUT2D eigenvalue weighted by Crippen LogP contribution is 2.22. The Kier molecular flexibility index (Phi) is 6.93. The van der Waals surface area contributed by atoms with Gasteiger partial charge in [0.25, 0.3) is 0 Å². The Morgan fingerprint density at radius 2 is 1.54 bits per heavy atom. The summed E-state index contributed by atoms with van der Waals surface area (Å²) >= 11 is 0. The van der Waals surface area contributed by atoms with Gasteiger partial charge in [0, 0.05) is 6.54 Å². The molecule has 0 aromatic heterocycles. The third kappa shape index (κ3) is 5.76. The van der Waals surface area contributed by atoms with Gasteiger partial charge in [0.15, 0.2) is 0 Å². The van der Waals surface area contributed by atoms with Crippen LogP contribution in [0.1, 0.15) is 28.3 Å². The summed E-state index contributed by atoms with van der Waals surface area (Å²) in [6.45, 7) is 2.80. The van der Waals surface area contributed by atoms with E-state index in [1.54, 1.807) is 12.1 Å². The quantitative estimate of drug-likeness (QED) is 0.619. The van der Waals surface area contributed by atoms with Crippen molar-refractivity contribution in [3.05, 3.63) is 107 Å². The normalized spacial score (nSPS) is 11.8. The predicted octanol–water partition coefficient (Wildman–Crippen LogP) is 4.17. The summed E-state index contributed by atoms with van der Waals surface area (Å²) in [4.78, 5) is 12.3. The lowest BCUT2D eigenvalue weighted by Gasteiger charge is -2.20. The van der Waals surface area contributed by atoms with Crippen LogP contribution >= 0.6 is 0 Å². The van der Waals surface area contributed by atoms with Gasteiger partial charge >= 0.3 is 0 Å². The van der Waals surface area contributed by atoms with Crippen molar-refractivity contribution in [1.29, 1.82) is 0 Å². The van der Waals surface area contributed by atoms with Crippen LogP contribution in [0.3, 0.4) is 0 Å². The summed E-state index contributed by atoms with van der Waals surface area (Å²) in [7, 11) is 0. The van der Waals surface area contributed by atoms with Crippen LogP contribution in [-0.4, -0.2) is 19.0 Å². The Balaban J connectivity index is 1.56. The lowest BCUT2D eigenvalue weighted by Crippen LogP contribution is -2.37. The van der Waals surface area contributed by atoms with Gasteiger partial charge in [0.1, 0.15) is 5.82 Å². The fourth-order valence-electron chi connectivity index (χ4n) is 3.09. The first kappa shape index (κ1) is 19.8. The fourth-order valence-corrected chi connectivity index (χ4v) is 3.09. The van der Waals surface area contributed by atoms with Crippen molar-refractivity contribution in [1.82, 2.24) is 10.6 Å². The number of carbonyl (C=O) groups is 1. The third-order valence-corrected chi connectivity index (χ3v) is 4.66. The second kappa shape index (κ2) is 9.81. The molecule has 0 fully saturated rings. The summed E-state index contributed by atoms with van der Waals surface area (Å²) in [5, 5.41) is 6.28. The van der Waals surface area contributed by atoms with Crippen LogP contribution in [0.4, 0.5) is 4.39 Å². The monoisotopic (exact) mass is 376 g/mol. The summed E-state index contributed by atoms with van der Waals surface area (Å²) in [6.07, 6.45) is 0.673. The van der Waals surface area contributed by atoms with Crippen LogP contribution in [0.15, 0.2) is 78.9 Å². The molecular weight excluding hydrogens is 351 g/mol. The van der Waals surface area contributed by atoms with Gasteiger partial charge in [-0.25, -0.2) is 4.39 Å². The van der Waals surface area contributed by atoms with Crippen molar-refractivity contribution in [2.75, 3.05) is 13.1 Å². The first-order valence-corrected chi connectivity index (χ1v) is 9.48. The van der Waals surface area contributed by atoms with Gasteiger partial charge in [0.2, 0.25) is 5.91 Å². The van der Waals surface area contributed by atoms with Gasteiger partial charge in [-0.05, 0) is 42.2 Å². The van der Waals surface area contributed by atoms with E-state index in [0.717, 1.165) is 16.7 Å². The molecule has 0 heterocycles. The number of hydrogen-bond donors (Lipinski definition) is 2. The molecule has 2 N–H and O–H groups in total. The highest BCUT2D eigenvalue weighted by molar-refractivity contribution is 5.78. The van der Waals surface area contributed by atoms with E-state index in [1.807, 2.05) is 18.2 Å². The first-order chi connectivity index (χ1) is 13.6. The minimum atomic E-state index is -0.250. The Bertz CT molecular complexity index is 877. The first-order valence-electron chi connectivity index (χ1n) is 9.48. The topological polar surface area (TPSA) is 41.1 Å². The maximum absolute atomic E-state index is 12.9. The lowest BCUT2D eigenvalue weighted by atomic mass is 9.98. The molecule has 4 heteroatoms. The molecule has 144 valence electrons. The molecule has 1 amide bonds. The molecule has 3 aromatic carbocycles. The number of rotatable bonds is 8. The zero-order chi connectivity index (χ0) is 19.8. The van der Waals surface area contributed by atoms with Crippen LogP contribution in [0.25, 0.3) is 0 Å². The average Bonchev–Trinajstić information content (AvgIpc) is 2.72. The van der Waals surface area contributed by atoms with E-state index in [-0.39, 0.29) is 24.3 Å². The molecule has 0 unspecified atom stereocenters. The Morgan fingerprint density at radius 1 is 0.893 bits per heavy atom. The third-order valence-electron chi connectivity index (χ3n) is 4.66. The van der Waals surface area contributed by atoms with Crippen molar-refractivity contribution in [3.8, 4) is 0 Å². The second-order valence-electron chi connectivity index (χ2n) is 6.86. The van der Waals surface area contributed by atoms with Crippen LogP contribution in [0, 0.1) is 12.7 Å². The zero-order valence-electron chi connectivity index (χ0n) is 16.0. The van der Waals surface area contributed by atoms with Gasteiger partial charge in [-0.3, -0.25) is 10.1 Å². The number of nitrogens with one attached hydrogen (secondary N) is 2. The number of carbonyl (C=O) groups excluding carboxylic acids is 1. The minimum Gasteiger partial charge on any atom is -0.355 e. The van der Waals surface area contributed by atoms with E-state index >= 15 is 0 Å². The van der Waals surface area contributed by atoms with Crippen LogP contribution in [0.5, 0.6) is 0 Å². The summed E-state index contributed by atoms with van der Waals surface area (Å²) in [5.41, 5.74) is 4.44. The predicted molar refractivity (Wildman–Crippen MR) is 111 cm³/mol. The van der Waals surface area contributed by atoms with Gasteiger partial charge in [-0.1, -0.05) is 72.3 Å². The number of hydrogen-bond acceptors (Lipinski definition) is 2. The smallest absolute Gasteiger partial charge is 0.233 e. The molecule has 1 atom stereocenters. The number of benzene rings is 3. The SMILES string of the molecule is Cc1ccc([C@@H](NCC(=O)NCCc2ccc(F)cc2)c2ccccc2)cc1. The molecule has 0 radical (unpaired) electrons. The van der Waals surface area contributed by atoms with E-state index in [4.69, 9.17) is 0 Å². The van der Waals surface area contributed by atoms with E-state index in [9.17, 15) is 9.18 Å². The molecule has 0 saturated carbocycles. The highest BCUT2D eigenvalue weighted by atomic mass is 19.1. The molecule has 0 spiro atoms. The number of halogens is 1. The molecule has 3 aromatic rings. The Hall–Kier alpha value is -2.98. The Morgan fingerprint density at radius 3 is 2.21 bits per heavy atom.